The quantitative estimate of drug-likeness (QED) is 0.161. The van der Waals surface area contributed by atoms with Crippen LogP contribution in [0.2, 0.25) is 0 Å². The van der Waals surface area contributed by atoms with E-state index in [1.165, 1.54) is 12.1 Å². The summed E-state index contributed by atoms with van der Waals surface area (Å²) in [6, 6.07) is 17.2. The topological polar surface area (TPSA) is 162 Å². The summed E-state index contributed by atoms with van der Waals surface area (Å²) in [7, 11) is 0. The summed E-state index contributed by atoms with van der Waals surface area (Å²) in [5.41, 5.74) is 3.85. The number of hydrogen-bond acceptors (Lipinski definition) is 8. The van der Waals surface area contributed by atoms with Crippen LogP contribution >= 0.6 is 0 Å². The summed E-state index contributed by atoms with van der Waals surface area (Å²) in [4.78, 5) is 0. The fraction of sp³-hybridized carbons (Fsp3) is 0.200. The molecule has 0 fully saturated rings. The van der Waals surface area contributed by atoms with Crippen LogP contribution in [0.15, 0.2) is 60.7 Å². The molecule has 0 heterocycles. The Kier molecular flexibility index (Phi) is 7.66. The van der Waals surface area contributed by atoms with Crippen molar-refractivity contribution in [2.75, 3.05) is 0 Å². The van der Waals surface area contributed by atoms with Crippen molar-refractivity contribution in [3.63, 3.8) is 0 Å². The first-order valence-electron chi connectivity index (χ1n) is 12.0. The fourth-order valence-electron chi connectivity index (χ4n) is 4.66. The van der Waals surface area contributed by atoms with Gasteiger partial charge < -0.3 is 40.9 Å². The third kappa shape index (κ3) is 5.18. The van der Waals surface area contributed by atoms with Gasteiger partial charge in [0.1, 0.15) is 0 Å². The largest absolute Gasteiger partial charge is 0.504 e. The Labute approximate surface area is 219 Å². The second-order valence-electron chi connectivity index (χ2n) is 9.37. The zero-order valence-electron chi connectivity index (χ0n) is 20.8. The zero-order chi connectivity index (χ0) is 27.6. The van der Waals surface area contributed by atoms with E-state index < -0.39 is 40.4 Å². The summed E-state index contributed by atoms with van der Waals surface area (Å²) < 4.78 is 0. The third-order valence-electron chi connectivity index (χ3n) is 6.78. The Hall–Kier alpha value is -4.40. The first-order valence-corrected chi connectivity index (χ1v) is 12.0. The van der Waals surface area contributed by atoms with E-state index in [4.69, 9.17) is 0 Å². The van der Waals surface area contributed by atoms with E-state index in [2.05, 4.69) is 0 Å². The minimum Gasteiger partial charge on any atom is -0.504 e. The maximum Gasteiger partial charge on any atom is 0.200 e. The van der Waals surface area contributed by atoms with Crippen molar-refractivity contribution in [1.29, 1.82) is 0 Å². The predicted octanol–water partition coefficient (Wildman–Crippen LogP) is 4.24. The molecule has 38 heavy (non-hydrogen) atoms. The smallest absolute Gasteiger partial charge is 0.200 e. The van der Waals surface area contributed by atoms with Crippen LogP contribution in [-0.2, 0) is 26.1 Å². The van der Waals surface area contributed by atoms with E-state index in [0.29, 0.717) is 22.3 Å². The minimum absolute atomic E-state index is 0.154. The van der Waals surface area contributed by atoms with Gasteiger partial charge in [-0.15, -0.1) is 0 Å². The maximum atomic E-state index is 10.7. The number of aromatic hydroxyl groups is 6. The van der Waals surface area contributed by atoms with Gasteiger partial charge >= 0.3 is 0 Å². The molecule has 198 valence electrons. The van der Waals surface area contributed by atoms with Gasteiger partial charge in [-0.25, -0.2) is 0 Å². The Morgan fingerprint density at radius 1 is 0.500 bits per heavy atom. The van der Waals surface area contributed by atoms with Crippen molar-refractivity contribution < 1.29 is 40.9 Å². The van der Waals surface area contributed by atoms with Gasteiger partial charge in [-0.2, -0.15) is 0 Å². The second kappa shape index (κ2) is 10.9. The summed E-state index contributed by atoms with van der Waals surface area (Å²) in [6.45, 7) is 1.34. The molecule has 0 amide bonds. The van der Waals surface area contributed by atoms with Gasteiger partial charge in [0.25, 0.3) is 0 Å². The molecule has 0 aliphatic rings. The van der Waals surface area contributed by atoms with Crippen molar-refractivity contribution in [1.82, 2.24) is 0 Å². The van der Waals surface area contributed by atoms with E-state index in [1.807, 2.05) is 0 Å². The Morgan fingerprint density at radius 3 is 1.24 bits per heavy atom. The lowest BCUT2D eigenvalue weighted by molar-refractivity contribution is 0.281. The van der Waals surface area contributed by atoms with Crippen LogP contribution in [0.1, 0.15) is 57.3 Å². The van der Waals surface area contributed by atoms with E-state index in [-0.39, 0.29) is 37.2 Å². The van der Waals surface area contributed by atoms with E-state index in [1.54, 1.807) is 55.5 Å². The molecule has 4 rings (SSSR count). The molecule has 8 N–H and O–H groups in total. The number of rotatable bonds is 8. The molecule has 0 aliphatic carbocycles. The standard InChI is InChI=1S/C30H30O8/c1-16(23-12-21(25(33)29(37)27(23)35)10-17-4-2-6-19(8-17)14-31)24-13-22(26(34)30(38)28(24)36)11-18-5-3-7-20(9-18)15-32/h2-9,12-13,16,31-38H,10-11,14-15H2,1H3. The highest BCUT2D eigenvalue weighted by Gasteiger charge is 2.26. The highest BCUT2D eigenvalue weighted by atomic mass is 16.3. The number of aliphatic hydroxyl groups is 2. The van der Waals surface area contributed by atoms with Gasteiger partial charge in [0, 0.05) is 41.0 Å². The first kappa shape index (κ1) is 26.7. The predicted molar refractivity (Wildman–Crippen MR) is 141 cm³/mol. The maximum absolute atomic E-state index is 10.7. The van der Waals surface area contributed by atoms with Crippen molar-refractivity contribution in [2.45, 2.75) is 38.9 Å². The van der Waals surface area contributed by atoms with Crippen LogP contribution in [0.25, 0.3) is 0 Å². The third-order valence-corrected chi connectivity index (χ3v) is 6.78. The molecule has 8 heteroatoms. The molecule has 0 saturated heterocycles. The highest BCUT2D eigenvalue weighted by Crippen LogP contribution is 2.49. The Bertz CT molecular complexity index is 1370. The van der Waals surface area contributed by atoms with Gasteiger partial charge in [0.05, 0.1) is 13.2 Å². The second-order valence-corrected chi connectivity index (χ2v) is 9.37. The van der Waals surface area contributed by atoms with Crippen molar-refractivity contribution in [3.8, 4) is 34.5 Å². The van der Waals surface area contributed by atoms with E-state index >= 15 is 0 Å². The van der Waals surface area contributed by atoms with Crippen molar-refractivity contribution in [2.24, 2.45) is 0 Å². The first-order chi connectivity index (χ1) is 18.1. The summed E-state index contributed by atoms with van der Waals surface area (Å²) in [5, 5.41) is 82.3. The lowest BCUT2D eigenvalue weighted by atomic mass is 9.86. The average Bonchev–Trinajstić information content (AvgIpc) is 2.93. The van der Waals surface area contributed by atoms with Gasteiger partial charge in [0.15, 0.2) is 23.0 Å². The average molecular weight is 519 g/mol. The molecule has 0 bridgehead atoms. The van der Waals surface area contributed by atoms with Crippen LogP contribution in [0.5, 0.6) is 34.5 Å². The van der Waals surface area contributed by atoms with Crippen LogP contribution in [0.4, 0.5) is 0 Å². The number of aliphatic hydroxyl groups excluding tert-OH is 2. The van der Waals surface area contributed by atoms with Crippen LogP contribution in [0, 0.1) is 0 Å². The van der Waals surface area contributed by atoms with Gasteiger partial charge in [-0.1, -0.05) is 55.5 Å². The zero-order valence-corrected chi connectivity index (χ0v) is 20.8. The van der Waals surface area contributed by atoms with Crippen LogP contribution in [-0.4, -0.2) is 40.9 Å². The van der Waals surface area contributed by atoms with Crippen LogP contribution < -0.4 is 0 Å². The molecule has 8 nitrogen and oxygen atoms in total. The van der Waals surface area contributed by atoms with Gasteiger partial charge in [0.2, 0.25) is 11.5 Å². The summed E-state index contributed by atoms with van der Waals surface area (Å²) >= 11 is 0. The van der Waals surface area contributed by atoms with E-state index in [0.717, 1.165) is 11.1 Å². The normalized spacial score (nSPS) is 11.3. The van der Waals surface area contributed by atoms with Crippen molar-refractivity contribution in [3.05, 3.63) is 105 Å². The van der Waals surface area contributed by atoms with Crippen LogP contribution in [0.3, 0.4) is 0 Å². The van der Waals surface area contributed by atoms with Crippen molar-refractivity contribution >= 4 is 0 Å². The van der Waals surface area contributed by atoms with Gasteiger partial charge in [-0.05, 0) is 34.4 Å². The fourth-order valence-corrected chi connectivity index (χ4v) is 4.66. The van der Waals surface area contributed by atoms with E-state index in [9.17, 15) is 40.9 Å². The molecule has 0 saturated carbocycles. The monoisotopic (exact) mass is 518 g/mol. The Morgan fingerprint density at radius 2 is 0.868 bits per heavy atom. The molecule has 0 spiro atoms. The number of benzene rings is 4. The molecule has 0 atom stereocenters. The minimum atomic E-state index is -0.780. The summed E-state index contributed by atoms with van der Waals surface area (Å²) in [5.74, 6) is -4.35. The molecule has 4 aromatic carbocycles. The number of phenols is 6. The molecule has 0 aromatic heterocycles. The molecular formula is C30H30O8. The number of hydrogen-bond donors (Lipinski definition) is 8. The Balaban J connectivity index is 1.76. The molecule has 0 radical (unpaired) electrons. The molecule has 0 aliphatic heterocycles. The molecule has 0 unspecified atom stereocenters. The number of phenolic OH excluding ortho intramolecular Hbond substituents is 6. The SMILES string of the molecule is CC(c1cc(Cc2cccc(CO)c2)c(O)c(O)c1O)c1cc(Cc2cccc(CO)c2)c(O)c(O)c1O. The highest BCUT2D eigenvalue weighted by molar-refractivity contribution is 5.64. The summed E-state index contributed by atoms with van der Waals surface area (Å²) in [6.07, 6.45) is 0.374. The molecule has 4 aromatic rings. The molecular weight excluding hydrogens is 488 g/mol. The van der Waals surface area contributed by atoms with Gasteiger partial charge in [-0.3, -0.25) is 0 Å². The lowest BCUT2D eigenvalue weighted by Crippen LogP contribution is -2.02. The lowest BCUT2D eigenvalue weighted by Gasteiger charge is -2.21.